The molecule has 0 unspecified atom stereocenters. The van der Waals surface area contributed by atoms with Crippen molar-refractivity contribution in [2.75, 3.05) is 13.1 Å². The lowest BCUT2D eigenvalue weighted by atomic mass is 9.85. The minimum atomic E-state index is -0.352. The van der Waals surface area contributed by atoms with Gasteiger partial charge in [0.15, 0.2) is 0 Å². The summed E-state index contributed by atoms with van der Waals surface area (Å²) in [6.45, 7) is 1.45. The van der Waals surface area contributed by atoms with Crippen molar-refractivity contribution >= 4 is 12.1 Å². The third-order valence-corrected chi connectivity index (χ3v) is 6.15. The summed E-state index contributed by atoms with van der Waals surface area (Å²) in [7, 11) is 0. The quantitative estimate of drug-likeness (QED) is 0.444. The largest absolute Gasteiger partial charge is 0.353 e. The predicted octanol–water partition coefficient (Wildman–Crippen LogP) is 5.12. The molecule has 0 radical (unpaired) electrons. The Hall–Kier alpha value is -3.08. The Morgan fingerprint density at radius 3 is 2.26 bits per heavy atom. The van der Waals surface area contributed by atoms with Crippen LogP contribution in [0.3, 0.4) is 0 Å². The Bertz CT molecular complexity index is 961. The molecular formula is C26H26F2N2O. The Balaban J connectivity index is 1.34. The van der Waals surface area contributed by atoms with Crippen molar-refractivity contribution in [2.45, 2.75) is 31.1 Å². The van der Waals surface area contributed by atoms with E-state index < -0.39 is 0 Å². The number of hydrogen-bond acceptors (Lipinski definition) is 2. The van der Waals surface area contributed by atoms with E-state index >= 15 is 0 Å². The third kappa shape index (κ3) is 4.98. The van der Waals surface area contributed by atoms with Crippen LogP contribution in [-0.4, -0.2) is 25.2 Å². The van der Waals surface area contributed by atoms with Crippen molar-refractivity contribution in [3.05, 3.63) is 95.1 Å². The zero-order valence-electron chi connectivity index (χ0n) is 17.4. The highest BCUT2D eigenvalue weighted by Gasteiger charge is 2.55. The zero-order chi connectivity index (χ0) is 21.7. The van der Waals surface area contributed by atoms with E-state index in [-0.39, 0.29) is 28.9 Å². The molecule has 0 aromatic heterocycles. The van der Waals surface area contributed by atoms with Crippen LogP contribution < -0.4 is 5.32 Å². The van der Waals surface area contributed by atoms with Crippen molar-refractivity contribution in [1.29, 1.82) is 0 Å². The Labute approximate surface area is 181 Å². The molecule has 0 saturated heterocycles. The lowest BCUT2D eigenvalue weighted by Crippen LogP contribution is -2.22. The Morgan fingerprint density at radius 2 is 1.68 bits per heavy atom. The lowest BCUT2D eigenvalue weighted by Gasteiger charge is -2.18. The van der Waals surface area contributed by atoms with Crippen LogP contribution in [0.1, 0.15) is 36.8 Å². The topological polar surface area (TPSA) is 41.5 Å². The maximum atomic E-state index is 13.4. The van der Waals surface area contributed by atoms with Gasteiger partial charge in [-0.2, -0.15) is 0 Å². The van der Waals surface area contributed by atoms with Crippen molar-refractivity contribution in [2.24, 2.45) is 10.9 Å². The van der Waals surface area contributed by atoms with Crippen LogP contribution in [0.2, 0.25) is 0 Å². The van der Waals surface area contributed by atoms with Gasteiger partial charge >= 0.3 is 0 Å². The molecule has 1 heterocycles. The van der Waals surface area contributed by atoms with E-state index in [1.807, 2.05) is 12.3 Å². The molecule has 1 atom stereocenters. The van der Waals surface area contributed by atoms with Gasteiger partial charge in [0.1, 0.15) is 11.6 Å². The molecule has 160 valence electrons. The molecule has 1 amide bonds. The molecule has 3 nitrogen and oxygen atoms in total. The molecule has 1 aliphatic carbocycles. The molecule has 2 aromatic carbocycles. The molecule has 1 saturated carbocycles. The van der Waals surface area contributed by atoms with Gasteiger partial charge in [-0.15, -0.1) is 0 Å². The number of nitrogens with one attached hydrogen (secondary N) is 1. The van der Waals surface area contributed by atoms with Gasteiger partial charge in [0.05, 0.1) is 6.54 Å². The number of carbonyl (C=O) groups is 1. The number of nitrogens with zero attached hydrogens (tertiary/aromatic N) is 1. The number of allylic oxidation sites excluding steroid dienone is 2. The van der Waals surface area contributed by atoms with E-state index in [0.29, 0.717) is 6.54 Å². The highest BCUT2D eigenvalue weighted by Crippen LogP contribution is 2.59. The van der Waals surface area contributed by atoms with Gasteiger partial charge in [-0.1, -0.05) is 30.3 Å². The molecule has 2 aromatic rings. The van der Waals surface area contributed by atoms with Crippen LogP contribution in [-0.2, 0) is 10.2 Å². The third-order valence-electron chi connectivity index (χ3n) is 6.15. The first kappa shape index (κ1) is 21.2. The van der Waals surface area contributed by atoms with Crippen LogP contribution in [0.5, 0.6) is 0 Å². The molecule has 1 aliphatic heterocycles. The first-order valence-corrected chi connectivity index (χ1v) is 10.7. The maximum Gasteiger partial charge on any atom is 0.243 e. The van der Waals surface area contributed by atoms with E-state index in [0.717, 1.165) is 43.4 Å². The van der Waals surface area contributed by atoms with Crippen molar-refractivity contribution in [3.63, 3.8) is 0 Å². The normalized spacial score (nSPS) is 18.9. The van der Waals surface area contributed by atoms with Gasteiger partial charge in [-0.25, -0.2) is 8.78 Å². The highest BCUT2D eigenvalue weighted by atomic mass is 19.1. The fourth-order valence-electron chi connectivity index (χ4n) is 4.34. The standard InChI is InChI=1S/C26H26F2N2O/c27-23-9-4-20(5-10-23)26(21-6-11-24(28)12-7-21)17-22(26)8-13-25(31)30-15-2-1-3-19-14-16-29-18-19/h4-14,16,22H,1-3,15,17-18H2,(H,30,31)/t22-/m1/s1. The van der Waals surface area contributed by atoms with Gasteiger partial charge in [-0.3, -0.25) is 9.79 Å². The van der Waals surface area contributed by atoms with Crippen LogP contribution in [0.25, 0.3) is 0 Å². The van der Waals surface area contributed by atoms with Gasteiger partial charge in [-0.05, 0) is 84.7 Å². The summed E-state index contributed by atoms with van der Waals surface area (Å²) < 4.78 is 26.9. The second-order valence-corrected chi connectivity index (χ2v) is 8.22. The number of rotatable bonds is 9. The number of carbonyl (C=O) groups excluding carboxylic acids is 1. The van der Waals surface area contributed by atoms with E-state index in [1.165, 1.54) is 29.8 Å². The van der Waals surface area contributed by atoms with Gasteiger partial charge in [0.25, 0.3) is 0 Å². The average molecular weight is 421 g/mol. The van der Waals surface area contributed by atoms with Gasteiger partial charge in [0.2, 0.25) is 5.91 Å². The summed E-state index contributed by atoms with van der Waals surface area (Å²) in [5, 5.41) is 2.94. The van der Waals surface area contributed by atoms with Crippen molar-refractivity contribution in [1.82, 2.24) is 5.32 Å². The molecule has 0 bridgehead atoms. The molecule has 1 fully saturated rings. The molecule has 2 aliphatic rings. The average Bonchev–Trinajstić information content (AvgIpc) is 3.26. The predicted molar refractivity (Wildman–Crippen MR) is 119 cm³/mol. The van der Waals surface area contributed by atoms with Gasteiger partial charge in [0, 0.05) is 18.2 Å². The second-order valence-electron chi connectivity index (χ2n) is 8.22. The second kappa shape index (κ2) is 9.38. The first-order chi connectivity index (χ1) is 15.1. The minimum absolute atomic E-state index is 0.100. The number of hydrogen-bond donors (Lipinski definition) is 1. The summed E-state index contributed by atoms with van der Waals surface area (Å²) in [4.78, 5) is 16.4. The number of halogens is 2. The Morgan fingerprint density at radius 1 is 1.03 bits per heavy atom. The number of aliphatic imine (C=N–C) groups is 1. The minimum Gasteiger partial charge on any atom is -0.353 e. The fourth-order valence-corrected chi connectivity index (χ4v) is 4.34. The van der Waals surface area contributed by atoms with E-state index in [4.69, 9.17) is 0 Å². The van der Waals surface area contributed by atoms with Crippen LogP contribution in [0.4, 0.5) is 8.78 Å². The lowest BCUT2D eigenvalue weighted by molar-refractivity contribution is -0.116. The van der Waals surface area contributed by atoms with Crippen LogP contribution in [0, 0.1) is 17.6 Å². The highest BCUT2D eigenvalue weighted by molar-refractivity contribution is 5.87. The maximum absolute atomic E-state index is 13.4. The molecule has 31 heavy (non-hydrogen) atoms. The monoisotopic (exact) mass is 420 g/mol. The van der Waals surface area contributed by atoms with E-state index in [9.17, 15) is 13.6 Å². The SMILES string of the molecule is O=C(C=C[C@@H]1CC1(c1ccc(F)cc1)c1ccc(F)cc1)NCCCCC1=CC=NC1. The zero-order valence-corrected chi connectivity index (χ0v) is 17.4. The smallest absolute Gasteiger partial charge is 0.243 e. The molecule has 4 rings (SSSR count). The first-order valence-electron chi connectivity index (χ1n) is 10.7. The summed E-state index contributed by atoms with van der Waals surface area (Å²) >= 11 is 0. The Kier molecular flexibility index (Phi) is 6.40. The van der Waals surface area contributed by atoms with E-state index in [2.05, 4.69) is 16.4 Å². The van der Waals surface area contributed by atoms with Crippen LogP contribution >= 0.6 is 0 Å². The molecule has 0 spiro atoms. The van der Waals surface area contributed by atoms with Gasteiger partial charge < -0.3 is 5.32 Å². The molecular weight excluding hydrogens is 394 g/mol. The van der Waals surface area contributed by atoms with E-state index in [1.54, 1.807) is 30.3 Å². The number of unbranched alkanes of at least 4 members (excludes halogenated alkanes) is 1. The summed E-state index contributed by atoms with van der Waals surface area (Å²) in [5.74, 6) is -0.588. The number of benzene rings is 2. The van der Waals surface area contributed by atoms with Crippen LogP contribution in [0.15, 0.2) is 77.3 Å². The van der Waals surface area contributed by atoms with Crippen molar-refractivity contribution in [3.8, 4) is 0 Å². The summed E-state index contributed by atoms with van der Waals surface area (Å²) in [6.07, 6.45) is 11.2. The van der Waals surface area contributed by atoms with Crippen molar-refractivity contribution < 1.29 is 13.6 Å². The fraction of sp³-hybridized carbons (Fsp3) is 0.308. The summed E-state index contributed by atoms with van der Waals surface area (Å²) in [5.41, 5.74) is 2.94. The summed E-state index contributed by atoms with van der Waals surface area (Å²) in [6, 6.07) is 12.9. The number of amides is 1. The molecule has 5 heteroatoms. The molecule has 1 N–H and O–H groups in total.